The third-order valence-corrected chi connectivity index (χ3v) is 4.51. The fraction of sp³-hybridized carbons (Fsp3) is 0.150. The molecule has 1 heterocycles. The average molecular weight is 365 g/mol. The van der Waals surface area contributed by atoms with Crippen molar-refractivity contribution in [3.05, 3.63) is 82.4 Å². The molecule has 0 saturated heterocycles. The van der Waals surface area contributed by atoms with Gasteiger partial charge in [0.1, 0.15) is 0 Å². The van der Waals surface area contributed by atoms with Crippen LogP contribution >= 0.6 is 11.3 Å². The van der Waals surface area contributed by atoms with E-state index in [0.29, 0.717) is 28.4 Å². The van der Waals surface area contributed by atoms with Crippen molar-refractivity contribution in [1.29, 1.82) is 0 Å². The van der Waals surface area contributed by atoms with Gasteiger partial charge in [0.15, 0.2) is 10.9 Å². The van der Waals surface area contributed by atoms with E-state index < -0.39 is 0 Å². The number of anilines is 1. The number of amides is 1. The fourth-order valence-corrected chi connectivity index (χ4v) is 3.25. The number of hydrogen-bond acceptors (Lipinski definition) is 5. The molecule has 0 unspecified atom stereocenters. The molecule has 0 aliphatic carbocycles. The van der Waals surface area contributed by atoms with Gasteiger partial charge in [0, 0.05) is 23.1 Å². The molecule has 132 valence electrons. The Balaban J connectivity index is 1.82. The Hall–Kier alpha value is -2.83. The summed E-state index contributed by atoms with van der Waals surface area (Å²) in [5.41, 5.74) is 2.16. The molecular weight excluding hydrogens is 346 g/mol. The van der Waals surface area contributed by atoms with Crippen molar-refractivity contribution in [2.75, 3.05) is 19.4 Å². The first kappa shape index (κ1) is 18.0. The summed E-state index contributed by atoms with van der Waals surface area (Å²) in [7, 11) is 3.92. The summed E-state index contributed by atoms with van der Waals surface area (Å²) in [6.07, 6.45) is 0. The minimum atomic E-state index is -0.337. The van der Waals surface area contributed by atoms with Crippen LogP contribution in [-0.2, 0) is 6.54 Å². The number of carbonyl (C=O) groups is 2. The van der Waals surface area contributed by atoms with Crippen molar-refractivity contribution in [3.8, 4) is 0 Å². The first-order chi connectivity index (χ1) is 12.5. The highest BCUT2D eigenvalue weighted by atomic mass is 32.1. The van der Waals surface area contributed by atoms with Gasteiger partial charge in [0.05, 0.1) is 11.3 Å². The van der Waals surface area contributed by atoms with Gasteiger partial charge in [0.2, 0.25) is 0 Å². The highest BCUT2D eigenvalue weighted by Crippen LogP contribution is 2.20. The highest BCUT2D eigenvalue weighted by Gasteiger charge is 2.18. The van der Waals surface area contributed by atoms with Gasteiger partial charge in [-0.2, -0.15) is 0 Å². The van der Waals surface area contributed by atoms with Crippen LogP contribution in [0.3, 0.4) is 0 Å². The molecule has 3 aromatic rings. The van der Waals surface area contributed by atoms with Crippen molar-refractivity contribution < 1.29 is 9.59 Å². The lowest BCUT2D eigenvalue weighted by atomic mass is 9.98. The summed E-state index contributed by atoms with van der Waals surface area (Å²) in [5, 5.41) is 5.23. The molecule has 0 aliphatic heterocycles. The third kappa shape index (κ3) is 4.22. The molecule has 0 fully saturated rings. The number of rotatable bonds is 6. The minimum Gasteiger partial charge on any atom is -0.304 e. The Kier molecular flexibility index (Phi) is 5.55. The van der Waals surface area contributed by atoms with Crippen LogP contribution in [0.4, 0.5) is 5.13 Å². The number of ketones is 1. The first-order valence-electron chi connectivity index (χ1n) is 8.14. The fourth-order valence-electron chi connectivity index (χ4n) is 2.55. The van der Waals surface area contributed by atoms with Gasteiger partial charge in [-0.15, -0.1) is 11.3 Å². The molecular formula is C20H19N3O2S. The summed E-state index contributed by atoms with van der Waals surface area (Å²) in [6, 6.07) is 15.8. The molecule has 26 heavy (non-hydrogen) atoms. The number of nitrogens with zero attached hydrogens (tertiary/aromatic N) is 2. The Morgan fingerprint density at radius 3 is 2.35 bits per heavy atom. The Bertz CT molecular complexity index is 920. The molecule has 2 aromatic carbocycles. The molecule has 1 N–H and O–H groups in total. The van der Waals surface area contributed by atoms with Crippen LogP contribution in [0.5, 0.6) is 0 Å². The number of benzene rings is 2. The summed E-state index contributed by atoms with van der Waals surface area (Å²) >= 11 is 1.37. The van der Waals surface area contributed by atoms with Crippen LogP contribution in [0.15, 0.2) is 60.0 Å². The van der Waals surface area contributed by atoms with Crippen molar-refractivity contribution in [2.45, 2.75) is 6.54 Å². The van der Waals surface area contributed by atoms with E-state index in [0.717, 1.165) is 5.69 Å². The van der Waals surface area contributed by atoms with Crippen molar-refractivity contribution in [1.82, 2.24) is 9.88 Å². The number of nitrogens with one attached hydrogen (secondary N) is 1. The van der Waals surface area contributed by atoms with E-state index in [-0.39, 0.29) is 11.7 Å². The molecule has 0 spiro atoms. The van der Waals surface area contributed by atoms with Gasteiger partial charge in [-0.1, -0.05) is 48.5 Å². The number of hydrogen-bond donors (Lipinski definition) is 1. The predicted molar refractivity (Wildman–Crippen MR) is 104 cm³/mol. The first-order valence-corrected chi connectivity index (χ1v) is 9.02. The zero-order valence-electron chi connectivity index (χ0n) is 14.6. The van der Waals surface area contributed by atoms with E-state index in [1.807, 2.05) is 30.4 Å². The monoisotopic (exact) mass is 365 g/mol. The third-order valence-electron chi connectivity index (χ3n) is 3.70. The molecule has 1 amide bonds. The molecule has 1 aromatic heterocycles. The summed E-state index contributed by atoms with van der Waals surface area (Å²) < 4.78 is 0. The second kappa shape index (κ2) is 8.03. The van der Waals surface area contributed by atoms with Crippen molar-refractivity contribution in [2.24, 2.45) is 0 Å². The Morgan fingerprint density at radius 1 is 1.00 bits per heavy atom. The maximum absolute atomic E-state index is 12.8. The lowest BCUT2D eigenvalue weighted by Gasteiger charge is -2.08. The minimum absolute atomic E-state index is 0.177. The van der Waals surface area contributed by atoms with E-state index >= 15 is 0 Å². The largest absolute Gasteiger partial charge is 0.304 e. The zero-order valence-corrected chi connectivity index (χ0v) is 15.4. The van der Waals surface area contributed by atoms with Crippen LogP contribution in [-0.4, -0.2) is 35.7 Å². The average Bonchev–Trinajstić information content (AvgIpc) is 3.07. The number of aromatic nitrogens is 1. The van der Waals surface area contributed by atoms with Crippen LogP contribution < -0.4 is 5.32 Å². The maximum atomic E-state index is 12.8. The lowest BCUT2D eigenvalue weighted by molar-refractivity contribution is 0.0996. The van der Waals surface area contributed by atoms with E-state index in [2.05, 4.69) is 10.3 Å². The number of carbonyl (C=O) groups excluding carboxylic acids is 2. The van der Waals surface area contributed by atoms with Gasteiger partial charge >= 0.3 is 0 Å². The lowest BCUT2D eigenvalue weighted by Crippen LogP contribution is -2.17. The second-order valence-electron chi connectivity index (χ2n) is 6.08. The van der Waals surface area contributed by atoms with Crippen molar-refractivity contribution >= 4 is 28.2 Å². The van der Waals surface area contributed by atoms with Gasteiger partial charge in [-0.25, -0.2) is 4.98 Å². The quantitative estimate of drug-likeness (QED) is 0.677. The zero-order chi connectivity index (χ0) is 18.5. The SMILES string of the molecule is CN(C)Cc1csc(NC(=O)c2ccccc2C(=O)c2ccccc2)n1. The van der Waals surface area contributed by atoms with Gasteiger partial charge < -0.3 is 4.90 Å². The second-order valence-corrected chi connectivity index (χ2v) is 6.93. The highest BCUT2D eigenvalue weighted by molar-refractivity contribution is 7.14. The molecule has 0 bridgehead atoms. The molecule has 0 radical (unpaired) electrons. The van der Waals surface area contributed by atoms with Gasteiger partial charge in [0.25, 0.3) is 5.91 Å². The van der Waals surface area contributed by atoms with Crippen LogP contribution in [0.1, 0.15) is 32.0 Å². The molecule has 6 heteroatoms. The normalized spacial score (nSPS) is 10.7. The standard InChI is InChI=1S/C20H19N3O2S/c1-23(2)12-15-13-26-20(21-15)22-19(25)17-11-7-6-10-16(17)18(24)14-8-4-3-5-9-14/h3-11,13H,12H2,1-2H3,(H,21,22,25). The van der Waals surface area contributed by atoms with E-state index in [1.54, 1.807) is 48.5 Å². The number of thiazole rings is 1. The molecule has 0 aliphatic rings. The van der Waals surface area contributed by atoms with Crippen molar-refractivity contribution in [3.63, 3.8) is 0 Å². The summed E-state index contributed by atoms with van der Waals surface area (Å²) in [5.74, 6) is -0.514. The van der Waals surface area contributed by atoms with E-state index in [1.165, 1.54) is 11.3 Å². The summed E-state index contributed by atoms with van der Waals surface area (Å²) in [6.45, 7) is 0.704. The van der Waals surface area contributed by atoms with E-state index in [9.17, 15) is 9.59 Å². The summed E-state index contributed by atoms with van der Waals surface area (Å²) in [4.78, 5) is 31.9. The topological polar surface area (TPSA) is 62.3 Å². The molecule has 5 nitrogen and oxygen atoms in total. The smallest absolute Gasteiger partial charge is 0.258 e. The molecule has 0 saturated carbocycles. The Morgan fingerprint density at radius 2 is 1.65 bits per heavy atom. The molecule has 0 atom stereocenters. The van der Waals surface area contributed by atoms with Crippen LogP contribution in [0.2, 0.25) is 0 Å². The van der Waals surface area contributed by atoms with Gasteiger partial charge in [-0.3, -0.25) is 14.9 Å². The van der Waals surface area contributed by atoms with Crippen LogP contribution in [0, 0.1) is 0 Å². The van der Waals surface area contributed by atoms with Gasteiger partial charge in [-0.05, 0) is 20.2 Å². The predicted octanol–water partition coefficient (Wildman–Crippen LogP) is 3.69. The molecule has 3 rings (SSSR count). The van der Waals surface area contributed by atoms with E-state index in [4.69, 9.17) is 0 Å². The maximum Gasteiger partial charge on any atom is 0.258 e. The Labute approximate surface area is 156 Å². The van der Waals surface area contributed by atoms with Crippen LogP contribution in [0.25, 0.3) is 0 Å².